The van der Waals surface area contributed by atoms with E-state index in [4.69, 9.17) is 9.47 Å². The highest BCUT2D eigenvalue weighted by Crippen LogP contribution is 2.72. The van der Waals surface area contributed by atoms with Crippen LogP contribution in [0.15, 0.2) is 12.2 Å². The Bertz CT molecular complexity index is 804. The Morgan fingerprint density at radius 1 is 0.941 bits per heavy atom. The van der Waals surface area contributed by atoms with Crippen molar-refractivity contribution in [3.8, 4) is 0 Å². The van der Waals surface area contributed by atoms with Crippen molar-refractivity contribution in [2.45, 2.75) is 102 Å². The van der Waals surface area contributed by atoms with E-state index in [0.717, 1.165) is 44.1 Å². The molecule has 0 aromatic carbocycles. The van der Waals surface area contributed by atoms with Crippen LogP contribution in [-0.4, -0.2) is 86.8 Å². The topological polar surface area (TPSA) is 140 Å². The number of rotatable bonds is 4. The van der Waals surface area contributed by atoms with Crippen LogP contribution in [0, 0.1) is 34.0 Å². The minimum Gasteiger partial charge on any atom is -0.394 e. The van der Waals surface area contributed by atoms with Crippen LogP contribution in [0.5, 0.6) is 0 Å². The monoisotopic (exact) mass is 482 g/mol. The molecule has 4 aliphatic carbocycles. The molecule has 194 valence electrons. The smallest absolute Gasteiger partial charge is 0.186 e. The van der Waals surface area contributed by atoms with Crippen molar-refractivity contribution in [3.05, 3.63) is 12.2 Å². The first kappa shape index (κ1) is 25.1. The van der Waals surface area contributed by atoms with Gasteiger partial charge in [0, 0.05) is 10.8 Å². The van der Waals surface area contributed by atoms with Gasteiger partial charge in [0.05, 0.1) is 25.4 Å². The Morgan fingerprint density at radius 3 is 2.38 bits per heavy atom. The second-order valence-corrected chi connectivity index (χ2v) is 12.4. The van der Waals surface area contributed by atoms with Gasteiger partial charge in [-0.3, -0.25) is 0 Å². The Labute approximate surface area is 201 Å². The lowest BCUT2D eigenvalue weighted by atomic mass is 9.40. The molecule has 5 fully saturated rings. The highest BCUT2D eigenvalue weighted by atomic mass is 16.7. The van der Waals surface area contributed by atoms with Crippen molar-refractivity contribution >= 4 is 0 Å². The van der Waals surface area contributed by atoms with Crippen molar-refractivity contribution in [2.24, 2.45) is 34.0 Å². The summed E-state index contributed by atoms with van der Waals surface area (Å²) in [5, 5.41) is 62.6. The number of hydrogen-bond acceptors (Lipinski definition) is 8. The normalized spacial score (nSPS) is 57.2. The van der Waals surface area contributed by atoms with Gasteiger partial charge in [-0.05, 0) is 73.7 Å². The summed E-state index contributed by atoms with van der Waals surface area (Å²) in [5.41, 5.74) is 0.216. The van der Waals surface area contributed by atoms with Gasteiger partial charge in [-0.2, -0.15) is 0 Å². The Kier molecular flexibility index (Phi) is 6.26. The molecule has 2 bridgehead atoms. The van der Waals surface area contributed by atoms with Crippen LogP contribution in [0.3, 0.4) is 0 Å². The molecule has 5 rings (SSSR count). The standard InChI is InChI=1S/C26H42O8/c1-13-14-4-5-17-24(2)8-7-18(28)25(3,16(24)6-9-26(17,10-14)22(13)32)12-33-23-21(31)20(30)19(29)15(11-27)34-23/h14-23,27-32H,1,4-12H2,2-3H3/t14-,15-,16+,17+,18-,19-,20+,21-,22+,23-,24-,25-,26-/m1/s1. The Hall–Kier alpha value is -0.580. The molecule has 1 aliphatic heterocycles. The summed E-state index contributed by atoms with van der Waals surface area (Å²) in [6.07, 6.45) is -1.24. The first-order chi connectivity index (χ1) is 16.0. The van der Waals surface area contributed by atoms with E-state index in [-0.39, 0.29) is 23.4 Å². The Morgan fingerprint density at radius 2 is 1.68 bits per heavy atom. The average Bonchev–Trinajstić information content (AvgIpc) is 2.99. The largest absolute Gasteiger partial charge is 0.394 e. The molecule has 0 aromatic heterocycles. The van der Waals surface area contributed by atoms with E-state index < -0.39 is 54.9 Å². The molecule has 4 saturated carbocycles. The minimum absolute atomic E-state index is 0.0679. The van der Waals surface area contributed by atoms with Crippen LogP contribution in [-0.2, 0) is 9.47 Å². The van der Waals surface area contributed by atoms with E-state index in [1.807, 2.05) is 6.92 Å². The van der Waals surface area contributed by atoms with E-state index in [1.165, 1.54) is 0 Å². The molecule has 0 unspecified atom stereocenters. The lowest BCUT2D eigenvalue weighted by Crippen LogP contribution is -2.64. The van der Waals surface area contributed by atoms with Gasteiger partial charge in [0.15, 0.2) is 6.29 Å². The zero-order valence-electron chi connectivity index (χ0n) is 20.3. The van der Waals surface area contributed by atoms with Crippen molar-refractivity contribution in [1.82, 2.24) is 0 Å². The van der Waals surface area contributed by atoms with Crippen molar-refractivity contribution < 1.29 is 40.1 Å². The quantitative estimate of drug-likeness (QED) is 0.322. The second-order valence-electron chi connectivity index (χ2n) is 12.4. The first-order valence-corrected chi connectivity index (χ1v) is 13.0. The maximum Gasteiger partial charge on any atom is 0.186 e. The summed E-state index contributed by atoms with van der Waals surface area (Å²) >= 11 is 0. The maximum atomic E-state index is 11.3. The third-order valence-corrected chi connectivity index (χ3v) is 11.0. The van der Waals surface area contributed by atoms with E-state index in [9.17, 15) is 30.6 Å². The van der Waals surface area contributed by atoms with Gasteiger partial charge in [-0.25, -0.2) is 0 Å². The Balaban J connectivity index is 1.38. The third kappa shape index (κ3) is 3.33. The average molecular weight is 483 g/mol. The lowest BCUT2D eigenvalue weighted by Gasteiger charge is -2.65. The fourth-order valence-electron chi connectivity index (χ4n) is 9.06. The lowest BCUT2D eigenvalue weighted by molar-refractivity contribution is -0.315. The zero-order chi connectivity index (χ0) is 24.6. The molecule has 6 N–H and O–H groups in total. The molecule has 0 aromatic rings. The minimum atomic E-state index is -1.49. The predicted octanol–water partition coefficient (Wildman–Crippen LogP) is 0.714. The predicted molar refractivity (Wildman–Crippen MR) is 122 cm³/mol. The summed E-state index contributed by atoms with van der Waals surface area (Å²) in [6.45, 7) is 8.22. The highest BCUT2D eigenvalue weighted by molar-refractivity contribution is 5.27. The first-order valence-electron chi connectivity index (χ1n) is 13.0. The molecule has 8 nitrogen and oxygen atoms in total. The van der Waals surface area contributed by atoms with Gasteiger partial charge >= 0.3 is 0 Å². The summed E-state index contributed by atoms with van der Waals surface area (Å²) in [7, 11) is 0. The van der Waals surface area contributed by atoms with Crippen LogP contribution in [0.1, 0.15) is 58.8 Å². The molecular formula is C26H42O8. The highest BCUT2D eigenvalue weighted by Gasteiger charge is 2.68. The van der Waals surface area contributed by atoms with Crippen LogP contribution in [0.25, 0.3) is 0 Å². The van der Waals surface area contributed by atoms with Crippen LogP contribution < -0.4 is 0 Å². The van der Waals surface area contributed by atoms with Crippen molar-refractivity contribution in [2.75, 3.05) is 13.2 Å². The number of fused-ring (bicyclic) bond motifs is 3. The van der Waals surface area contributed by atoms with Crippen LogP contribution in [0.4, 0.5) is 0 Å². The molecule has 1 spiro atoms. The summed E-state index contributed by atoms with van der Waals surface area (Å²) in [5.74, 6) is 0.923. The van der Waals surface area contributed by atoms with Gasteiger partial charge < -0.3 is 40.1 Å². The SMILES string of the molecule is C=C1[C@@H]2CC[C@H]3[C@]4(C)CC[C@@H](O)[C@](C)(CO[C@@H]5O[C@H](CO)[C@@H](O)[C@H](O)[C@H]5O)[C@H]4CC[C@]3(C2)[C@H]1O. The molecule has 34 heavy (non-hydrogen) atoms. The molecule has 13 atom stereocenters. The third-order valence-electron chi connectivity index (χ3n) is 11.0. The number of aliphatic hydroxyl groups is 6. The molecule has 1 heterocycles. The van der Waals surface area contributed by atoms with Crippen molar-refractivity contribution in [3.63, 3.8) is 0 Å². The molecule has 8 heteroatoms. The van der Waals surface area contributed by atoms with Gasteiger partial charge in [-0.15, -0.1) is 0 Å². The zero-order valence-corrected chi connectivity index (χ0v) is 20.3. The van der Waals surface area contributed by atoms with E-state index in [0.29, 0.717) is 18.3 Å². The van der Waals surface area contributed by atoms with E-state index in [2.05, 4.69) is 13.5 Å². The van der Waals surface area contributed by atoms with Crippen LogP contribution >= 0.6 is 0 Å². The molecule has 0 amide bonds. The fourth-order valence-corrected chi connectivity index (χ4v) is 9.06. The number of hydrogen-bond donors (Lipinski definition) is 6. The van der Waals surface area contributed by atoms with Gasteiger partial charge in [-0.1, -0.05) is 20.4 Å². The van der Waals surface area contributed by atoms with Gasteiger partial charge in [0.25, 0.3) is 0 Å². The summed E-state index contributed by atoms with van der Waals surface area (Å²) in [4.78, 5) is 0. The summed E-state index contributed by atoms with van der Waals surface area (Å²) < 4.78 is 11.6. The maximum absolute atomic E-state index is 11.3. The van der Waals surface area contributed by atoms with E-state index in [1.54, 1.807) is 0 Å². The molecule has 5 aliphatic rings. The molecular weight excluding hydrogens is 440 g/mol. The number of aliphatic hydroxyl groups excluding tert-OH is 6. The number of ether oxygens (including phenoxy) is 2. The molecule has 0 radical (unpaired) electrons. The van der Waals surface area contributed by atoms with Gasteiger partial charge in [0.1, 0.15) is 24.4 Å². The second kappa shape index (κ2) is 8.48. The summed E-state index contributed by atoms with van der Waals surface area (Å²) in [6, 6.07) is 0. The van der Waals surface area contributed by atoms with E-state index >= 15 is 0 Å². The van der Waals surface area contributed by atoms with Gasteiger partial charge in [0.2, 0.25) is 0 Å². The fraction of sp³-hybridized carbons (Fsp3) is 0.923. The van der Waals surface area contributed by atoms with Crippen molar-refractivity contribution in [1.29, 1.82) is 0 Å². The van der Waals surface area contributed by atoms with Crippen LogP contribution in [0.2, 0.25) is 0 Å². The molecule has 1 saturated heterocycles.